The van der Waals surface area contributed by atoms with Crippen LogP contribution >= 0.6 is 0 Å². The van der Waals surface area contributed by atoms with Gasteiger partial charge in [-0.1, -0.05) is 12.1 Å². The molecule has 0 aliphatic carbocycles. The Labute approximate surface area is 134 Å². The highest BCUT2D eigenvalue weighted by molar-refractivity contribution is 5.81. The lowest BCUT2D eigenvalue weighted by molar-refractivity contribution is -0.137. The van der Waals surface area contributed by atoms with E-state index in [0.717, 1.165) is 38.2 Å². The molecular weight excluding hydrogens is 276 g/mol. The van der Waals surface area contributed by atoms with Gasteiger partial charge in [0, 0.05) is 19.6 Å². The van der Waals surface area contributed by atoms with Crippen LogP contribution in [0.15, 0.2) is 24.3 Å². The number of piperidine rings is 1. The molecule has 1 aliphatic rings. The predicted molar refractivity (Wildman–Crippen MR) is 89.0 cm³/mol. The van der Waals surface area contributed by atoms with E-state index in [1.54, 1.807) is 0 Å². The zero-order valence-corrected chi connectivity index (χ0v) is 14.0. The summed E-state index contributed by atoms with van der Waals surface area (Å²) in [6, 6.07) is 8.04. The largest absolute Gasteiger partial charge is 0.494 e. The van der Waals surface area contributed by atoms with E-state index in [4.69, 9.17) is 4.74 Å². The number of rotatable bonds is 6. The molecule has 1 unspecified atom stereocenters. The van der Waals surface area contributed by atoms with Crippen LogP contribution in [0.2, 0.25) is 0 Å². The smallest absolute Gasteiger partial charge is 0.239 e. The molecule has 122 valence electrons. The van der Waals surface area contributed by atoms with Gasteiger partial charge in [-0.25, -0.2) is 0 Å². The number of carbonyl (C=O) groups excluding carboxylic acids is 1. The highest BCUT2D eigenvalue weighted by atomic mass is 16.5. The molecule has 0 radical (unpaired) electrons. The highest BCUT2D eigenvalue weighted by Gasteiger charge is 2.24. The third kappa shape index (κ3) is 4.47. The fourth-order valence-corrected chi connectivity index (χ4v) is 2.85. The molecule has 1 saturated heterocycles. The molecule has 1 aromatic carbocycles. The number of ether oxygens (including phenoxy) is 1. The summed E-state index contributed by atoms with van der Waals surface area (Å²) in [7, 11) is 2.02. The van der Waals surface area contributed by atoms with Crippen LogP contribution in [0, 0.1) is 0 Å². The third-order valence-electron chi connectivity index (χ3n) is 4.35. The monoisotopic (exact) mass is 304 g/mol. The minimum Gasteiger partial charge on any atom is -0.494 e. The Hall–Kier alpha value is -1.55. The van der Waals surface area contributed by atoms with E-state index in [1.807, 2.05) is 37.9 Å². The van der Waals surface area contributed by atoms with Crippen molar-refractivity contribution in [2.24, 2.45) is 0 Å². The van der Waals surface area contributed by atoms with Crippen LogP contribution in [0.4, 0.5) is 0 Å². The first kappa shape index (κ1) is 16.8. The molecule has 4 heteroatoms. The van der Waals surface area contributed by atoms with Crippen molar-refractivity contribution in [2.75, 3.05) is 26.7 Å². The number of hydrogen-bond acceptors (Lipinski definition) is 3. The molecule has 1 heterocycles. The number of benzene rings is 1. The maximum Gasteiger partial charge on any atom is 0.239 e. The first-order valence-corrected chi connectivity index (χ1v) is 8.32. The Morgan fingerprint density at radius 1 is 1.23 bits per heavy atom. The highest BCUT2D eigenvalue weighted by Crippen LogP contribution is 2.16. The Balaban J connectivity index is 1.89. The summed E-state index contributed by atoms with van der Waals surface area (Å²) < 4.78 is 5.46. The van der Waals surface area contributed by atoms with Crippen LogP contribution in [-0.2, 0) is 11.3 Å². The van der Waals surface area contributed by atoms with Crippen LogP contribution in [-0.4, -0.2) is 48.5 Å². The van der Waals surface area contributed by atoms with Gasteiger partial charge in [0.15, 0.2) is 0 Å². The van der Waals surface area contributed by atoms with Crippen molar-refractivity contribution in [3.8, 4) is 5.75 Å². The van der Waals surface area contributed by atoms with E-state index in [1.165, 1.54) is 12.0 Å². The molecule has 0 N–H and O–H groups in total. The molecule has 4 nitrogen and oxygen atoms in total. The van der Waals surface area contributed by atoms with Crippen molar-refractivity contribution >= 4 is 5.91 Å². The molecule has 0 bridgehead atoms. The first-order chi connectivity index (χ1) is 10.6. The minimum absolute atomic E-state index is 0.0790. The van der Waals surface area contributed by atoms with Crippen molar-refractivity contribution in [3.63, 3.8) is 0 Å². The lowest BCUT2D eigenvalue weighted by Gasteiger charge is -2.32. The maximum atomic E-state index is 12.5. The van der Waals surface area contributed by atoms with Gasteiger partial charge in [-0.05, 0) is 57.9 Å². The van der Waals surface area contributed by atoms with E-state index in [0.29, 0.717) is 6.61 Å². The summed E-state index contributed by atoms with van der Waals surface area (Å²) in [6.45, 7) is 7.27. The van der Waals surface area contributed by atoms with Gasteiger partial charge in [-0.15, -0.1) is 0 Å². The molecule has 1 fully saturated rings. The number of likely N-dealkylation sites (tertiary alicyclic amines) is 1. The average Bonchev–Trinajstić information content (AvgIpc) is 2.56. The summed E-state index contributed by atoms with van der Waals surface area (Å²) in [6.07, 6.45) is 3.53. The molecule has 0 spiro atoms. The number of hydrogen-bond donors (Lipinski definition) is 0. The van der Waals surface area contributed by atoms with Crippen LogP contribution in [0.5, 0.6) is 5.75 Å². The second-order valence-corrected chi connectivity index (χ2v) is 6.05. The molecule has 0 aromatic heterocycles. The summed E-state index contributed by atoms with van der Waals surface area (Å²) in [5.41, 5.74) is 1.20. The molecular formula is C18H28N2O2. The fourth-order valence-electron chi connectivity index (χ4n) is 2.85. The third-order valence-corrected chi connectivity index (χ3v) is 4.35. The summed E-state index contributed by atoms with van der Waals surface area (Å²) in [5, 5.41) is 0. The van der Waals surface area contributed by atoms with Crippen LogP contribution in [0.25, 0.3) is 0 Å². The quantitative estimate of drug-likeness (QED) is 0.810. The fraction of sp³-hybridized carbons (Fsp3) is 0.611. The molecule has 22 heavy (non-hydrogen) atoms. The Bertz CT molecular complexity index is 466. The van der Waals surface area contributed by atoms with Crippen molar-refractivity contribution in [3.05, 3.63) is 29.8 Å². The van der Waals surface area contributed by atoms with Gasteiger partial charge in [0.1, 0.15) is 5.75 Å². The lowest BCUT2D eigenvalue weighted by Crippen LogP contribution is -2.47. The molecule has 2 rings (SSSR count). The van der Waals surface area contributed by atoms with Gasteiger partial charge >= 0.3 is 0 Å². The standard InChI is InChI=1S/C18H28N2O2/c1-4-22-17-10-8-16(9-11-17)14-19(3)15(2)18(21)20-12-6-5-7-13-20/h8-11,15H,4-7,12-14H2,1-3H3. The Morgan fingerprint density at radius 2 is 1.86 bits per heavy atom. The van der Waals surface area contributed by atoms with Gasteiger partial charge in [0.25, 0.3) is 0 Å². The van der Waals surface area contributed by atoms with Crippen LogP contribution < -0.4 is 4.74 Å². The predicted octanol–water partition coefficient (Wildman–Crippen LogP) is 2.92. The molecule has 1 aliphatic heterocycles. The molecule has 0 saturated carbocycles. The second kappa shape index (κ2) is 8.18. The van der Waals surface area contributed by atoms with Gasteiger partial charge in [0.2, 0.25) is 5.91 Å². The van der Waals surface area contributed by atoms with E-state index < -0.39 is 0 Å². The van der Waals surface area contributed by atoms with Crippen molar-refractivity contribution in [1.82, 2.24) is 9.80 Å². The first-order valence-electron chi connectivity index (χ1n) is 8.32. The van der Waals surface area contributed by atoms with E-state index in [9.17, 15) is 4.79 Å². The van der Waals surface area contributed by atoms with E-state index >= 15 is 0 Å². The summed E-state index contributed by atoms with van der Waals surface area (Å²) >= 11 is 0. The average molecular weight is 304 g/mol. The van der Waals surface area contributed by atoms with E-state index in [-0.39, 0.29) is 11.9 Å². The van der Waals surface area contributed by atoms with Crippen molar-refractivity contribution < 1.29 is 9.53 Å². The number of nitrogens with zero attached hydrogens (tertiary/aromatic N) is 2. The normalized spacial score (nSPS) is 16.6. The van der Waals surface area contributed by atoms with Gasteiger partial charge in [-0.2, -0.15) is 0 Å². The lowest BCUT2D eigenvalue weighted by atomic mass is 10.1. The Morgan fingerprint density at radius 3 is 2.45 bits per heavy atom. The maximum absolute atomic E-state index is 12.5. The Kier molecular flexibility index (Phi) is 6.25. The minimum atomic E-state index is -0.0790. The topological polar surface area (TPSA) is 32.8 Å². The van der Waals surface area contributed by atoms with E-state index in [2.05, 4.69) is 17.0 Å². The SMILES string of the molecule is CCOc1ccc(CN(C)C(C)C(=O)N2CCCCC2)cc1. The summed E-state index contributed by atoms with van der Waals surface area (Å²) in [4.78, 5) is 16.7. The second-order valence-electron chi connectivity index (χ2n) is 6.05. The molecule has 1 atom stereocenters. The number of amides is 1. The van der Waals surface area contributed by atoms with Crippen molar-refractivity contribution in [1.29, 1.82) is 0 Å². The zero-order valence-electron chi connectivity index (χ0n) is 14.0. The molecule has 1 amide bonds. The van der Waals surface area contributed by atoms with Crippen LogP contribution in [0.1, 0.15) is 38.7 Å². The number of likely N-dealkylation sites (N-methyl/N-ethyl adjacent to an activating group) is 1. The van der Waals surface area contributed by atoms with Gasteiger partial charge < -0.3 is 9.64 Å². The zero-order chi connectivity index (χ0) is 15.9. The van der Waals surface area contributed by atoms with Crippen molar-refractivity contribution in [2.45, 2.75) is 45.7 Å². The van der Waals surface area contributed by atoms with Gasteiger partial charge in [0.05, 0.1) is 12.6 Å². The molecule has 1 aromatic rings. The van der Waals surface area contributed by atoms with Gasteiger partial charge in [-0.3, -0.25) is 9.69 Å². The van der Waals surface area contributed by atoms with Crippen LogP contribution in [0.3, 0.4) is 0 Å². The number of carbonyl (C=O) groups is 1. The summed E-state index contributed by atoms with van der Waals surface area (Å²) in [5.74, 6) is 1.15.